The standard InChI is InChI=1S/Mn.3H3O4P/c;3*1-5(2,3)4/h;3*(H3,1,2,3,4). The van der Waals surface area contributed by atoms with Gasteiger partial charge in [-0.15, -0.1) is 0 Å². The minimum Gasteiger partial charge on any atom is -0.303 e. The molecule has 9 N–H and O–H groups in total. The Morgan fingerprint density at radius 1 is 0.438 bits per heavy atom. The first-order valence-electron chi connectivity index (χ1n) is 2.35. The second-order valence-electron chi connectivity index (χ2n) is 1.54. The predicted octanol–water partition coefficient (Wildman–Crippen LogP) is -2.79. The summed E-state index contributed by atoms with van der Waals surface area (Å²) in [7, 11) is -13.9. The van der Waals surface area contributed by atoms with Gasteiger partial charge < -0.3 is 44.0 Å². The third-order valence-electron chi connectivity index (χ3n) is 0. The van der Waals surface area contributed by atoms with Gasteiger partial charge in [0.25, 0.3) is 0 Å². The van der Waals surface area contributed by atoms with Gasteiger partial charge in [-0.25, -0.2) is 13.7 Å². The largest absolute Gasteiger partial charge is 0.466 e. The second kappa shape index (κ2) is 9.84. The number of hydrogen-bond acceptors (Lipinski definition) is 3. The van der Waals surface area contributed by atoms with Gasteiger partial charge in [-0.1, -0.05) is 0 Å². The Balaban J connectivity index is -0.0000000655. The van der Waals surface area contributed by atoms with Crippen LogP contribution in [0.2, 0.25) is 0 Å². The van der Waals surface area contributed by atoms with E-state index in [1.165, 1.54) is 0 Å². The number of hydrogen-bond donors (Lipinski definition) is 9. The maximum Gasteiger partial charge on any atom is 0.466 e. The Morgan fingerprint density at radius 3 is 0.438 bits per heavy atom. The fourth-order valence-electron chi connectivity index (χ4n) is 0. The van der Waals surface area contributed by atoms with Crippen molar-refractivity contribution in [3.8, 4) is 0 Å². The van der Waals surface area contributed by atoms with Gasteiger partial charge in [0.15, 0.2) is 0 Å². The van der Waals surface area contributed by atoms with Crippen molar-refractivity contribution >= 4 is 23.5 Å². The quantitative estimate of drug-likeness (QED) is 0.159. The van der Waals surface area contributed by atoms with Crippen molar-refractivity contribution in [2.24, 2.45) is 0 Å². The van der Waals surface area contributed by atoms with Crippen molar-refractivity contribution in [2.45, 2.75) is 0 Å². The molecule has 0 heterocycles. The van der Waals surface area contributed by atoms with Crippen LogP contribution in [0.3, 0.4) is 0 Å². The van der Waals surface area contributed by atoms with E-state index < -0.39 is 23.5 Å². The molecule has 0 aromatic heterocycles. The Morgan fingerprint density at radius 2 is 0.438 bits per heavy atom. The molecule has 0 saturated carbocycles. The zero-order chi connectivity index (χ0) is 13.5. The Labute approximate surface area is 98.8 Å². The van der Waals surface area contributed by atoms with Crippen LogP contribution in [0.15, 0.2) is 0 Å². The Kier molecular flexibility index (Phi) is 15.8. The fourth-order valence-corrected chi connectivity index (χ4v) is 0. The zero-order valence-corrected chi connectivity index (χ0v) is 10.8. The zero-order valence-electron chi connectivity index (χ0n) is 6.97. The molecular formula is H9MnO12P3. The summed E-state index contributed by atoms with van der Waals surface area (Å²) < 4.78 is 26.6. The van der Waals surface area contributed by atoms with Crippen LogP contribution in [0.25, 0.3) is 0 Å². The normalized spacial score (nSPS) is 11.1. The molecule has 103 valence electrons. The average Bonchev–Trinajstić information content (AvgIpc) is 1.41. The first-order chi connectivity index (χ1) is 6.00. The second-order valence-corrected chi connectivity index (χ2v) is 4.62. The van der Waals surface area contributed by atoms with Crippen molar-refractivity contribution in [1.29, 1.82) is 0 Å². The van der Waals surface area contributed by atoms with Crippen LogP contribution in [0.4, 0.5) is 0 Å². The van der Waals surface area contributed by atoms with Gasteiger partial charge in [-0.05, 0) is 0 Å². The maximum absolute atomic E-state index is 8.88. The Hall–Kier alpha value is 0.849. The molecule has 16 heavy (non-hydrogen) atoms. The molecule has 0 rings (SSSR count). The van der Waals surface area contributed by atoms with E-state index in [2.05, 4.69) is 0 Å². The smallest absolute Gasteiger partial charge is 0.303 e. The van der Waals surface area contributed by atoms with E-state index in [4.69, 9.17) is 57.7 Å². The molecule has 0 fully saturated rings. The summed E-state index contributed by atoms with van der Waals surface area (Å²) in [5.41, 5.74) is 0. The van der Waals surface area contributed by atoms with Crippen LogP contribution in [-0.4, -0.2) is 44.0 Å². The van der Waals surface area contributed by atoms with Gasteiger partial charge in [0.2, 0.25) is 0 Å². The van der Waals surface area contributed by atoms with E-state index >= 15 is 0 Å². The Bertz CT molecular complexity index is 202. The van der Waals surface area contributed by atoms with Crippen LogP contribution < -0.4 is 0 Å². The molecular weight excluding hydrogens is 340 g/mol. The van der Waals surface area contributed by atoms with Crippen LogP contribution in [0, 0.1) is 0 Å². The van der Waals surface area contributed by atoms with Crippen molar-refractivity contribution in [3.05, 3.63) is 0 Å². The van der Waals surface area contributed by atoms with E-state index in [-0.39, 0.29) is 17.1 Å². The summed E-state index contributed by atoms with van der Waals surface area (Å²) in [6.07, 6.45) is 0. The molecule has 0 atom stereocenters. The summed E-state index contributed by atoms with van der Waals surface area (Å²) in [5, 5.41) is 0. The van der Waals surface area contributed by atoms with Crippen LogP contribution in [0.5, 0.6) is 0 Å². The molecule has 1 radical (unpaired) electrons. The van der Waals surface area contributed by atoms with E-state index in [0.717, 1.165) is 0 Å². The first kappa shape index (κ1) is 25.6. The number of phosphoric acid groups is 3. The minimum atomic E-state index is -4.64. The van der Waals surface area contributed by atoms with Gasteiger partial charge in [0.05, 0.1) is 0 Å². The summed E-state index contributed by atoms with van der Waals surface area (Å²) in [4.78, 5) is 64.7. The molecule has 0 saturated heterocycles. The molecule has 0 aliphatic rings. The molecule has 0 aliphatic heterocycles. The first-order valence-corrected chi connectivity index (χ1v) is 7.04. The molecule has 12 nitrogen and oxygen atoms in total. The molecule has 0 bridgehead atoms. The summed E-state index contributed by atoms with van der Waals surface area (Å²) >= 11 is 0. The monoisotopic (exact) mass is 349 g/mol. The van der Waals surface area contributed by atoms with Gasteiger partial charge in [0.1, 0.15) is 0 Å². The van der Waals surface area contributed by atoms with Crippen molar-refractivity contribution in [2.75, 3.05) is 0 Å². The minimum absolute atomic E-state index is 0. The SMILES string of the molecule is O=P(O)(O)O.O=P(O)(O)O.O=P(O)(O)O.[Mn]. The van der Waals surface area contributed by atoms with Gasteiger partial charge >= 0.3 is 23.5 Å². The summed E-state index contributed by atoms with van der Waals surface area (Å²) in [6.45, 7) is 0. The average molecular weight is 349 g/mol. The molecule has 0 unspecified atom stereocenters. The third kappa shape index (κ3) is 3950. The number of rotatable bonds is 0. The van der Waals surface area contributed by atoms with Crippen LogP contribution in [-0.2, 0) is 30.8 Å². The van der Waals surface area contributed by atoms with Crippen molar-refractivity contribution in [3.63, 3.8) is 0 Å². The molecule has 0 amide bonds. The summed E-state index contributed by atoms with van der Waals surface area (Å²) in [6, 6.07) is 0. The summed E-state index contributed by atoms with van der Waals surface area (Å²) in [5.74, 6) is 0. The van der Waals surface area contributed by atoms with E-state index in [0.29, 0.717) is 0 Å². The molecule has 0 aromatic carbocycles. The maximum atomic E-state index is 8.88. The van der Waals surface area contributed by atoms with Gasteiger partial charge in [-0.2, -0.15) is 0 Å². The van der Waals surface area contributed by atoms with E-state index in [9.17, 15) is 0 Å². The van der Waals surface area contributed by atoms with Crippen molar-refractivity contribution in [1.82, 2.24) is 0 Å². The predicted molar refractivity (Wildman–Crippen MR) is 42.8 cm³/mol. The van der Waals surface area contributed by atoms with E-state index in [1.807, 2.05) is 0 Å². The molecule has 0 aliphatic carbocycles. The van der Waals surface area contributed by atoms with Gasteiger partial charge in [-0.3, -0.25) is 0 Å². The van der Waals surface area contributed by atoms with Crippen LogP contribution >= 0.6 is 23.5 Å². The molecule has 16 heteroatoms. The van der Waals surface area contributed by atoms with E-state index in [1.54, 1.807) is 0 Å². The molecule has 0 spiro atoms. The topological polar surface area (TPSA) is 233 Å². The molecule has 0 aromatic rings. The third-order valence-corrected chi connectivity index (χ3v) is 0. The van der Waals surface area contributed by atoms with Gasteiger partial charge in [0, 0.05) is 17.1 Å². The van der Waals surface area contributed by atoms with Crippen LogP contribution in [0.1, 0.15) is 0 Å². The fraction of sp³-hybridized carbons (Fsp3) is 0. The van der Waals surface area contributed by atoms with Crippen molar-refractivity contribution < 1.29 is 74.8 Å².